The maximum absolute atomic E-state index is 6.12. The number of para-hydroxylation sites is 1. The molecule has 0 fully saturated rings. The minimum Gasteiger partial charge on any atom is -0.456 e. The van der Waals surface area contributed by atoms with Crippen molar-refractivity contribution >= 4 is 85.8 Å². The fourth-order valence-electron chi connectivity index (χ4n) is 12.3. The molecule has 0 atom stereocenters. The van der Waals surface area contributed by atoms with Gasteiger partial charge in [-0.3, -0.25) is 0 Å². The lowest BCUT2D eigenvalue weighted by Crippen LogP contribution is -2.10. The van der Waals surface area contributed by atoms with Gasteiger partial charge >= 0.3 is 0 Å². The molecule has 17 rings (SSSR count). The highest BCUT2D eigenvalue weighted by Gasteiger charge is 2.19. The van der Waals surface area contributed by atoms with E-state index in [1.807, 2.05) is 78.1 Å². The topological polar surface area (TPSA) is 90.5 Å². The quantitative estimate of drug-likeness (QED) is 0.140. The summed E-state index contributed by atoms with van der Waals surface area (Å²) in [6.07, 6.45) is 0. The molecule has 0 unspecified atom stereocenters. The van der Waals surface area contributed by atoms with Crippen LogP contribution in [0.5, 0.6) is 0 Å². The van der Waals surface area contributed by atoms with Gasteiger partial charge < -0.3 is 4.42 Å². The van der Waals surface area contributed by atoms with Crippen LogP contribution in [0.3, 0.4) is 0 Å². The number of rotatable bonds is 8. The Labute approximate surface area is 524 Å². The zero-order chi connectivity index (χ0) is 60.3. The molecule has 13 aromatic carbocycles. The van der Waals surface area contributed by atoms with Crippen molar-refractivity contribution in [1.29, 1.82) is 0 Å². The SMILES string of the molecule is CC(C)(C)c1ccc(-c2nc(-c3ccccc3)nc(-c3ccc(-c4ccc5c(c4)oc4ccccc45)cc3)n2)cc1.c1ccc(-c2nc(-c3cccc(-c4ccc5sc6ccccc6c5c4)c3)nc(-c3ccc4c5ccccc5c5ccccc5c4c3)n2)cc1. The molecule has 7 nitrogen and oxygen atoms in total. The van der Waals surface area contributed by atoms with E-state index in [4.69, 9.17) is 34.3 Å². The second kappa shape index (κ2) is 22.4. The molecule has 0 saturated heterocycles. The standard InChI is InChI=1S/C45H27N3S.C37H29N3O/c1-2-11-28(12-3-1)43-46-44(31-14-10-13-29(25-31)30-22-24-42-40(26-30)38-19-8-9-20-41(38)49-42)48-45(47-43)32-21-23-37-35-17-5-4-15-33(35)34-16-6-7-18-36(34)39(37)27-32;1-37(2,3)29-20-17-27(18-21-29)36-39-34(25-9-5-4-6-10-25)38-35(40-36)26-15-13-24(14-16-26)28-19-22-31-30-11-7-8-12-32(30)41-33(31)23-28/h1-27H;4-23H,1-3H3. The van der Waals surface area contributed by atoms with E-state index in [2.05, 4.69) is 239 Å². The lowest BCUT2D eigenvalue weighted by Gasteiger charge is -2.19. The Balaban J connectivity index is 0.000000147. The molecule has 0 aliphatic carbocycles. The molecule has 0 amide bonds. The minimum atomic E-state index is 0.0780. The number of fused-ring (bicyclic) bond motifs is 12. The first-order chi connectivity index (χ1) is 44.2. The van der Waals surface area contributed by atoms with Gasteiger partial charge in [0.15, 0.2) is 34.9 Å². The lowest BCUT2D eigenvalue weighted by atomic mass is 9.87. The van der Waals surface area contributed by atoms with Gasteiger partial charge in [-0.1, -0.05) is 257 Å². The summed E-state index contributed by atoms with van der Waals surface area (Å²) in [7, 11) is 0. The Morgan fingerprint density at radius 2 is 0.589 bits per heavy atom. The molecule has 8 heteroatoms. The van der Waals surface area contributed by atoms with E-state index in [9.17, 15) is 0 Å². The van der Waals surface area contributed by atoms with E-state index >= 15 is 0 Å². The molecule has 0 N–H and O–H groups in total. The third kappa shape index (κ3) is 10.2. The highest BCUT2D eigenvalue weighted by atomic mass is 32.1. The minimum absolute atomic E-state index is 0.0780. The molecular weight excluding hydrogens is 1120 g/mol. The number of aromatic nitrogens is 6. The molecule has 17 aromatic rings. The normalized spacial score (nSPS) is 11.7. The summed E-state index contributed by atoms with van der Waals surface area (Å²) in [5.41, 5.74) is 13.4. The average molecular weight is 1170 g/mol. The predicted octanol–water partition coefficient (Wildman–Crippen LogP) is 22.1. The predicted molar refractivity (Wildman–Crippen MR) is 375 cm³/mol. The van der Waals surface area contributed by atoms with Crippen LogP contribution < -0.4 is 0 Å². The molecule has 90 heavy (non-hydrogen) atoms. The van der Waals surface area contributed by atoms with Crippen LogP contribution in [0.25, 0.3) is 165 Å². The largest absolute Gasteiger partial charge is 0.456 e. The Morgan fingerprint density at radius 1 is 0.233 bits per heavy atom. The maximum atomic E-state index is 6.12. The van der Waals surface area contributed by atoms with E-state index < -0.39 is 0 Å². The monoisotopic (exact) mass is 1170 g/mol. The van der Waals surface area contributed by atoms with Crippen LogP contribution in [0, 0.1) is 0 Å². The Morgan fingerprint density at radius 3 is 1.19 bits per heavy atom. The lowest BCUT2D eigenvalue weighted by molar-refractivity contribution is 0.590. The first kappa shape index (κ1) is 54.1. The molecule has 0 spiro atoms. The number of nitrogens with zero attached hydrogens (tertiary/aromatic N) is 6. The van der Waals surface area contributed by atoms with E-state index in [0.29, 0.717) is 34.9 Å². The zero-order valence-electron chi connectivity index (χ0n) is 49.6. The van der Waals surface area contributed by atoms with Gasteiger partial charge in [-0.25, -0.2) is 29.9 Å². The van der Waals surface area contributed by atoms with Crippen molar-refractivity contribution in [3.05, 3.63) is 291 Å². The molecule has 4 aromatic heterocycles. The van der Waals surface area contributed by atoms with Gasteiger partial charge in [-0.2, -0.15) is 0 Å². The van der Waals surface area contributed by atoms with Gasteiger partial charge in [0.2, 0.25) is 0 Å². The van der Waals surface area contributed by atoms with Gasteiger partial charge in [-0.05, 0) is 114 Å². The van der Waals surface area contributed by atoms with E-state index in [1.165, 1.54) is 63.6 Å². The number of hydrogen-bond acceptors (Lipinski definition) is 8. The summed E-state index contributed by atoms with van der Waals surface area (Å²) >= 11 is 1.84. The summed E-state index contributed by atoms with van der Waals surface area (Å²) in [5, 5.41) is 12.2. The van der Waals surface area contributed by atoms with E-state index in [0.717, 1.165) is 72.0 Å². The Kier molecular flexibility index (Phi) is 13.5. The summed E-state index contributed by atoms with van der Waals surface area (Å²) in [4.78, 5) is 29.9. The van der Waals surface area contributed by atoms with Gasteiger partial charge in [0.1, 0.15) is 11.2 Å². The number of hydrogen-bond donors (Lipinski definition) is 0. The molecule has 0 aliphatic rings. The third-order valence-corrected chi connectivity index (χ3v) is 18.2. The van der Waals surface area contributed by atoms with Crippen LogP contribution in [0.15, 0.2) is 290 Å². The molecule has 4 heterocycles. The molecule has 0 radical (unpaired) electrons. The first-order valence-corrected chi connectivity index (χ1v) is 31.1. The van der Waals surface area contributed by atoms with Crippen molar-refractivity contribution in [3.63, 3.8) is 0 Å². The molecule has 426 valence electrons. The van der Waals surface area contributed by atoms with Gasteiger partial charge in [0, 0.05) is 64.3 Å². The maximum Gasteiger partial charge on any atom is 0.164 e. The molecule has 0 saturated carbocycles. The average Bonchev–Trinajstić information content (AvgIpc) is 1.56. The third-order valence-electron chi connectivity index (χ3n) is 17.0. The Hall–Kier alpha value is -11.3. The van der Waals surface area contributed by atoms with Crippen molar-refractivity contribution in [2.75, 3.05) is 0 Å². The summed E-state index contributed by atoms with van der Waals surface area (Å²) in [6, 6.07) is 99.6. The van der Waals surface area contributed by atoms with Crippen LogP contribution in [0.4, 0.5) is 0 Å². The first-order valence-electron chi connectivity index (χ1n) is 30.3. The number of benzene rings is 13. The smallest absolute Gasteiger partial charge is 0.164 e. The molecular formula is C82H56N6OS. The van der Waals surface area contributed by atoms with E-state index in [-0.39, 0.29) is 5.41 Å². The van der Waals surface area contributed by atoms with Gasteiger partial charge in [0.25, 0.3) is 0 Å². The number of furan rings is 1. The summed E-state index contributed by atoms with van der Waals surface area (Å²) < 4.78 is 8.72. The highest BCUT2D eigenvalue weighted by Crippen LogP contribution is 2.40. The van der Waals surface area contributed by atoms with Crippen LogP contribution in [-0.4, -0.2) is 29.9 Å². The second-order valence-corrected chi connectivity index (χ2v) is 24.9. The summed E-state index contributed by atoms with van der Waals surface area (Å²) in [6.45, 7) is 6.65. The fraction of sp³-hybridized carbons (Fsp3) is 0.0488. The van der Waals surface area contributed by atoms with Crippen LogP contribution in [0.1, 0.15) is 26.3 Å². The van der Waals surface area contributed by atoms with Crippen molar-refractivity contribution in [1.82, 2.24) is 29.9 Å². The number of thiophene rings is 1. The molecule has 0 aliphatic heterocycles. The Bertz CT molecular complexity index is 5540. The fourth-order valence-corrected chi connectivity index (χ4v) is 13.4. The van der Waals surface area contributed by atoms with Crippen molar-refractivity contribution < 1.29 is 4.42 Å². The zero-order valence-corrected chi connectivity index (χ0v) is 50.5. The highest BCUT2D eigenvalue weighted by molar-refractivity contribution is 7.25. The van der Waals surface area contributed by atoms with Crippen LogP contribution in [-0.2, 0) is 5.41 Å². The van der Waals surface area contributed by atoms with Crippen molar-refractivity contribution in [3.8, 4) is 90.6 Å². The van der Waals surface area contributed by atoms with Crippen LogP contribution in [0.2, 0.25) is 0 Å². The van der Waals surface area contributed by atoms with Crippen molar-refractivity contribution in [2.24, 2.45) is 0 Å². The second-order valence-electron chi connectivity index (χ2n) is 23.8. The van der Waals surface area contributed by atoms with Crippen molar-refractivity contribution in [2.45, 2.75) is 26.2 Å². The van der Waals surface area contributed by atoms with Crippen LogP contribution >= 0.6 is 11.3 Å². The van der Waals surface area contributed by atoms with E-state index in [1.54, 1.807) is 0 Å². The van der Waals surface area contributed by atoms with Gasteiger partial charge in [0.05, 0.1) is 0 Å². The molecule has 0 bridgehead atoms. The summed E-state index contributed by atoms with van der Waals surface area (Å²) in [5.74, 6) is 3.92. The van der Waals surface area contributed by atoms with Gasteiger partial charge in [-0.15, -0.1) is 11.3 Å².